The van der Waals surface area contributed by atoms with Crippen LogP contribution in [0, 0.1) is 0 Å². The van der Waals surface area contributed by atoms with Gasteiger partial charge >= 0.3 is 0 Å². The molecule has 0 spiro atoms. The van der Waals surface area contributed by atoms with E-state index in [4.69, 9.17) is 4.42 Å². The van der Waals surface area contributed by atoms with Crippen molar-refractivity contribution < 1.29 is 4.42 Å². The topological polar surface area (TPSA) is 16.4 Å². The van der Waals surface area contributed by atoms with Gasteiger partial charge in [0.15, 0.2) is 0 Å². The fraction of sp³-hybridized carbons (Fsp3) is 0.0638. The Balaban J connectivity index is 1.15. The van der Waals surface area contributed by atoms with Gasteiger partial charge in [0, 0.05) is 33.2 Å². The van der Waals surface area contributed by atoms with E-state index in [-0.39, 0.29) is 5.41 Å². The number of nitrogens with zero attached hydrogens (tertiary/aromatic N) is 1. The summed E-state index contributed by atoms with van der Waals surface area (Å²) in [7, 11) is 0. The van der Waals surface area contributed by atoms with Crippen molar-refractivity contribution in [3.8, 4) is 22.3 Å². The molecule has 0 bridgehead atoms. The highest BCUT2D eigenvalue weighted by atomic mass is 16.3. The molecule has 1 heterocycles. The van der Waals surface area contributed by atoms with Crippen molar-refractivity contribution in [2.24, 2.45) is 0 Å². The molecule has 0 aliphatic heterocycles. The lowest BCUT2D eigenvalue weighted by Crippen LogP contribution is -2.16. The van der Waals surface area contributed by atoms with Crippen molar-refractivity contribution in [1.82, 2.24) is 0 Å². The van der Waals surface area contributed by atoms with Crippen LogP contribution in [0.5, 0.6) is 0 Å². The summed E-state index contributed by atoms with van der Waals surface area (Å²) in [5.74, 6) is 0. The molecule has 0 fully saturated rings. The molecule has 10 rings (SSSR count). The summed E-state index contributed by atoms with van der Waals surface area (Å²) >= 11 is 0. The van der Waals surface area contributed by atoms with Crippen LogP contribution < -0.4 is 4.90 Å². The quantitative estimate of drug-likeness (QED) is 0.193. The van der Waals surface area contributed by atoms with E-state index in [1.54, 1.807) is 0 Å². The molecule has 8 aromatic carbocycles. The van der Waals surface area contributed by atoms with E-state index in [2.05, 4.69) is 170 Å². The first-order chi connectivity index (χ1) is 24.0. The summed E-state index contributed by atoms with van der Waals surface area (Å²) in [6.45, 7) is 4.69. The lowest BCUT2D eigenvalue weighted by atomic mass is 9.82. The number of benzene rings is 8. The van der Waals surface area contributed by atoms with Crippen LogP contribution in [0.1, 0.15) is 25.0 Å². The predicted octanol–water partition coefficient (Wildman–Crippen LogP) is 13.3. The Morgan fingerprint density at radius 2 is 1.04 bits per heavy atom. The monoisotopic (exact) mass is 627 g/mol. The molecule has 1 aromatic heterocycles. The lowest BCUT2D eigenvalue weighted by molar-refractivity contribution is 0.660. The van der Waals surface area contributed by atoms with Crippen molar-refractivity contribution >= 4 is 60.5 Å². The minimum absolute atomic E-state index is 0.0975. The summed E-state index contributed by atoms with van der Waals surface area (Å²) in [5, 5.41) is 7.20. The summed E-state index contributed by atoms with van der Waals surface area (Å²) < 4.78 is 6.24. The lowest BCUT2D eigenvalue weighted by Gasteiger charge is -2.28. The second kappa shape index (κ2) is 10.4. The van der Waals surface area contributed by atoms with E-state index in [0.29, 0.717) is 0 Å². The number of hydrogen-bond acceptors (Lipinski definition) is 2. The Labute approximate surface area is 285 Å². The number of fused-ring (bicyclic) bond motifs is 8. The SMILES string of the molecule is CC1(C)c2ccccc2-c2ccc(N(c3ccc4cc(-c5cccc6ccccc56)ccc4c3)c3ccc4oc5ccccc5c4c3)cc21. The molecule has 232 valence electrons. The average Bonchev–Trinajstić information content (AvgIpc) is 3.63. The third-order valence-electron chi connectivity index (χ3n) is 10.6. The number of furan rings is 1. The number of rotatable bonds is 4. The van der Waals surface area contributed by atoms with Crippen LogP contribution in [0.25, 0.3) is 65.7 Å². The molecule has 0 saturated heterocycles. The van der Waals surface area contributed by atoms with Crippen molar-refractivity contribution in [2.45, 2.75) is 19.3 Å². The molecule has 0 unspecified atom stereocenters. The molecule has 1 aliphatic rings. The van der Waals surface area contributed by atoms with E-state index in [9.17, 15) is 0 Å². The molecule has 2 heteroatoms. The van der Waals surface area contributed by atoms with Gasteiger partial charge in [-0.15, -0.1) is 0 Å². The van der Waals surface area contributed by atoms with Crippen molar-refractivity contribution in [1.29, 1.82) is 0 Å². The maximum Gasteiger partial charge on any atom is 0.135 e. The Bertz CT molecular complexity index is 2760. The fourth-order valence-corrected chi connectivity index (χ4v) is 8.15. The van der Waals surface area contributed by atoms with Gasteiger partial charge in [-0.05, 0) is 110 Å². The van der Waals surface area contributed by atoms with Gasteiger partial charge in [0.25, 0.3) is 0 Å². The third-order valence-corrected chi connectivity index (χ3v) is 10.6. The van der Waals surface area contributed by atoms with Crippen LogP contribution in [-0.4, -0.2) is 0 Å². The van der Waals surface area contributed by atoms with Gasteiger partial charge < -0.3 is 9.32 Å². The maximum absolute atomic E-state index is 6.24. The van der Waals surface area contributed by atoms with E-state index >= 15 is 0 Å². The van der Waals surface area contributed by atoms with Crippen LogP contribution >= 0.6 is 0 Å². The van der Waals surface area contributed by atoms with Gasteiger partial charge in [0.2, 0.25) is 0 Å². The van der Waals surface area contributed by atoms with E-state index in [1.807, 2.05) is 12.1 Å². The third kappa shape index (κ3) is 4.27. The molecule has 0 saturated carbocycles. The smallest absolute Gasteiger partial charge is 0.135 e. The molecular weight excluding hydrogens is 595 g/mol. The van der Waals surface area contributed by atoms with Crippen LogP contribution in [0.2, 0.25) is 0 Å². The highest BCUT2D eigenvalue weighted by Crippen LogP contribution is 2.51. The number of para-hydroxylation sites is 1. The molecule has 2 nitrogen and oxygen atoms in total. The molecule has 9 aromatic rings. The van der Waals surface area contributed by atoms with Crippen molar-refractivity contribution in [2.75, 3.05) is 4.90 Å². The molecule has 49 heavy (non-hydrogen) atoms. The van der Waals surface area contributed by atoms with Crippen LogP contribution in [0.3, 0.4) is 0 Å². The second-order valence-electron chi connectivity index (χ2n) is 13.8. The van der Waals surface area contributed by atoms with Gasteiger partial charge in [-0.1, -0.05) is 123 Å². The van der Waals surface area contributed by atoms with Gasteiger partial charge in [0.05, 0.1) is 0 Å². The number of anilines is 3. The van der Waals surface area contributed by atoms with Crippen LogP contribution in [-0.2, 0) is 5.41 Å². The first-order valence-electron chi connectivity index (χ1n) is 17.0. The first-order valence-corrected chi connectivity index (χ1v) is 17.0. The normalized spacial score (nSPS) is 13.3. The van der Waals surface area contributed by atoms with E-state index in [1.165, 1.54) is 54.9 Å². The summed E-state index contributed by atoms with van der Waals surface area (Å²) in [6.07, 6.45) is 0. The van der Waals surface area contributed by atoms with E-state index in [0.717, 1.165) is 39.0 Å². The summed E-state index contributed by atoms with van der Waals surface area (Å²) in [4.78, 5) is 2.40. The Morgan fingerprint density at radius 1 is 0.408 bits per heavy atom. The first kappa shape index (κ1) is 27.9. The summed E-state index contributed by atoms with van der Waals surface area (Å²) in [5.41, 5.74) is 12.9. The molecule has 0 radical (unpaired) electrons. The zero-order chi connectivity index (χ0) is 32.7. The zero-order valence-corrected chi connectivity index (χ0v) is 27.4. The zero-order valence-electron chi connectivity index (χ0n) is 27.4. The molecular formula is C47H33NO. The highest BCUT2D eigenvalue weighted by molar-refractivity contribution is 6.07. The van der Waals surface area contributed by atoms with Gasteiger partial charge in [0.1, 0.15) is 11.2 Å². The Kier molecular flexibility index (Phi) is 5.95. The van der Waals surface area contributed by atoms with Gasteiger partial charge in [-0.3, -0.25) is 0 Å². The molecule has 0 amide bonds. The second-order valence-corrected chi connectivity index (χ2v) is 13.8. The molecule has 0 N–H and O–H groups in total. The predicted molar refractivity (Wildman–Crippen MR) is 206 cm³/mol. The van der Waals surface area contributed by atoms with E-state index < -0.39 is 0 Å². The number of hydrogen-bond donors (Lipinski definition) is 0. The fourth-order valence-electron chi connectivity index (χ4n) is 8.15. The largest absolute Gasteiger partial charge is 0.456 e. The highest BCUT2D eigenvalue weighted by Gasteiger charge is 2.35. The van der Waals surface area contributed by atoms with Crippen LogP contribution in [0.15, 0.2) is 168 Å². The molecule has 0 atom stereocenters. The Hall–Kier alpha value is -6.12. The van der Waals surface area contributed by atoms with Crippen molar-refractivity contribution in [3.05, 3.63) is 175 Å². The minimum atomic E-state index is -0.0975. The minimum Gasteiger partial charge on any atom is -0.456 e. The Morgan fingerprint density at radius 3 is 1.98 bits per heavy atom. The van der Waals surface area contributed by atoms with Crippen molar-refractivity contribution in [3.63, 3.8) is 0 Å². The average molecular weight is 628 g/mol. The summed E-state index contributed by atoms with van der Waals surface area (Å²) in [6, 6.07) is 59.6. The van der Waals surface area contributed by atoms with Crippen LogP contribution in [0.4, 0.5) is 17.1 Å². The van der Waals surface area contributed by atoms with Gasteiger partial charge in [-0.25, -0.2) is 0 Å². The maximum atomic E-state index is 6.24. The van der Waals surface area contributed by atoms with Gasteiger partial charge in [-0.2, -0.15) is 0 Å². The molecule has 1 aliphatic carbocycles. The standard InChI is InChI=1S/C47H33NO/c1-47(2)43-16-7-5-13-39(43)40-24-22-36(29-44(40)47)48(35-23-25-46-42(28-35)41-14-6-8-17-45(41)49-46)34-21-20-31-26-33(19-18-32(31)27-34)38-15-9-11-30-10-3-4-12-37(30)38/h3-29H,1-2H3.